The van der Waals surface area contributed by atoms with E-state index >= 15 is 0 Å². The first-order chi connectivity index (χ1) is 14.6. The average Bonchev–Trinajstić information content (AvgIpc) is 3.28. The summed E-state index contributed by atoms with van der Waals surface area (Å²) in [6.07, 6.45) is 1.86. The molecular weight excluding hydrogens is 380 g/mol. The predicted molar refractivity (Wildman–Crippen MR) is 114 cm³/mol. The fourth-order valence-electron chi connectivity index (χ4n) is 3.60. The summed E-state index contributed by atoms with van der Waals surface area (Å²) in [7, 11) is 0. The minimum absolute atomic E-state index is 0.164. The van der Waals surface area contributed by atoms with Crippen molar-refractivity contribution in [2.45, 2.75) is 13.5 Å². The molecule has 0 radical (unpaired) electrons. The molecule has 0 saturated heterocycles. The zero-order valence-electron chi connectivity index (χ0n) is 16.2. The summed E-state index contributed by atoms with van der Waals surface area (Å²) in [6.45, 7) is 1.81. The molecule has 2 aromatic carbocycles. The van der Waals surface area contributed by atoms with Gasteiger partial charge in [0.15, 0.2) is 5.58 Å². The minimum Gasteiger partial charge on any atom is -0.408 e. The fraction of sp³-hybridized carbons (Fsp3) is 0.0870. The number of hydrogen-bond donors (Lipinski definition) is 1. The van der Waals surface area contributed by atoms with Crippen LogP contribution in [0.2, 0.25) is 0 Å². The molecule has 3 aromatic heterocycles. The molecule has 0 unspecified atom stereocenters. The van der Waals surface area contributed by atoms with Crippen LogP contribution in [-0.4, -0.2) is 19.9 Å². The molecule has 0 fully saturated rings. The Labute approximate surface area is 171 Å². The number of amides is 1. The Morgan fingerprint density at radius 1 is 1.03 bits per heavy atom. The lowest BCUT2D eigenvalue weighted by Gasteiger charge is -2.08. The third-order valence-corrected chi connectivity index (χ3v) is 5.03. The molecule has 0 spiro atoms. The number of rotatable bonds is 4. The highest BCUT2D eigenvalue weighted by molar-refractivity contribution is 5.95. The van der Waals surface area contributed by atoms with Crippen molar-refractivity contribution in [3.8, 4) is 11.3 Å². The number of nitrogens with zero attached hydrogens (tertiary/aromatic N) is 3. The lowest BCUT2D eigenvalue weighted by molar-refractivity contribution is -0.116. The highest BCUT2D eigenvalue weighted by Crippen LogP contribution is 2.29. The monoisotopic (exact) mass is 398 g/mol. The molecule has 7 heteroatoms. The van der Waals surface area contributed by atoms with Gasteiger partial charge in [0.25, 0.3) is 0 Å². The van der Waals surface area contributed by atoms with Crippen LogP contribution in [-0.2, 0) is 11.3 Å². The molecule has 5 rings (SSSR count). The first-order valence-corrected chi connectivity index (χ1v) is 9.53. The molecule has 0 saturated carbocycles. The Bertz CT molecular complexity index is 1440. The first-order valence-electron chi connectivity index (χ1n) is 9.53. The predicted octanol–water partition coefficient (Wildman–Crippen LogP) is 3.86. The van der Waals surface area contributed by atoms with Gasteiger partial charge in [0, 0.05) is 11.8 Å². The van der Waals surface area contributed by atoms with Crippen LogP contribution in [0.5, 0.6) is 0 Å². The molecule has 1 N–H and O–H groups in total. The number of pyridine rings is 1. The van der Waals surface area contributed by atoms with E-state index in [9.17, 15) is 9.59 Å². The zero-order valence-corrected chi connectivity index (χ0v) is 16.2. The van der Waals surface area contributed by atoms with Crippen molar-refractivity contribution in [1.82, 2.24) is 14.0 Å². The number of nitrogens with one attached hydrogen (secondary N) is 1. The third-order valence-electron chi connectivity index (χ3n) is 5.03. The largest absolute Gasteiger partial charge is 0.420 e. The number of aryl methyl sites for hydroxylation is 1. The van der Waals surface area contributed by atoms with Gasteiger partial charge in [0.2, 0.25) is 5.91 Å². The normalized spacial score (nSPS) is 11.2. The maximum atomic E-state index is 12.9. The topological polar surface area (TPSA) is 81.5 Å². The number of anilines is 1. The molecule has 1 amide bonds. The van der Waals surface area contributed by atoms with Gasteiger partial charge in [-0.05, 0) is 30.7 Å². The zero-order chi connectivity index (χ0) is 20.7. The van der Waals surface area contributed by atoms with Gasteiger partial charge in [0.05, 0.1) is 5.52 Å². The van der Waals surface area contributed by atoms with Crippen LogP contribution in [0.3, 0.4) is 0 Å². The van der Waals surface area contributed by atoms with Crippen molar-refractivity contribution >= 4 is 28.5 Å². The second-order valence-corrected chi connectivity index (χ2v) is 7.03. The number of oxazole rings is 1. The molecule has 0 aliphatic rings. The number of fused-ring (bicyclic) bond motifs is 2. The Morgan fingerprint density at radius 3 is 2.63 bits per heavy atom. The molecule has 30 heavy (non-hydrogen) atoms. The Morgan fingerprint density at radius 2 is 1.80 bits per heavy atom. The van der Waals surface area contributed by atoms with Gasteiger partial charge in [-0.15, -0.1) is 0 Å². The Balaban J connectivity index is 1.56. The maximum Gasteiger partial charge on any atom is 0.420 e. The van der Waals surface area contributed by atoms with Gasteiger partial charge in [-0.1, -0.05) is 48.5 Å². The molecule has 0 aliphatic heterocycles. The fourth-order valence-corrected chi connectivity index (χ4v) is 3.60. The second kappa shape index (κ2) is 7.04. The summed E-state index contributed by atoms with van der Waals surface area (Å²) in [5, 5.41) is 2.95. The number of carbonyl (C=O) groups excluding carboxylic acids is 1. The van der Waals surface area contributed by atoms with Crippen LogP contribution < -0.4 is 11.1 Å². The van der Waals surface area contributed by atoms with E-state index in [4.69, 9.17) is 9.40 Å². The summed E-state index contributed by atoms with van der Waals surface area (Å²) < 4.78 is 8.40. The quantitative estimate of drug-likeness (QED) is 0.498. The van der Waals surface area contributed by atoms with Crippen molar-refractivity contribution in [2.24, 2.45) is 0 Å². The Kier molecular flexibility index (Phi) is 4.21. The third kappa shape index (κ3) is 2.97. The van der Waals surface area contributed by atoms with Gasteiger partial charge in [-0.25, -0.2) is 9.78 Å². The van der Waals surface area contributed by atoms with E-state index in [1.54, 1.807) is 24.3 Å². The van der Waals surface area contributed by atoms with E-state index in [0.29, 0.717) is 22.6 Å². The van der Waals surface area contributed by atoms with E-state index in [0.717, 1.165) is 16.8 Å². The van der Waals surface area contributed by atoms with Gasteiger partial charge in [-0.3, -0.25) is 13.8 Å². The van der Waals surface area contributed by atoms with Crippen LogP contribution in [0.1, 0.15) is 5.56 Å². The van der Waals surface area contributed by atoms with E-state index in [-0.39, 0.29) is 12.5 Å². The van der Waals surface area contributed by atoms with Crippen molar-refractivity contribution < 1.29 is 9.21 Å². The maximum absolute atomic E-state index is 12.9. The van der Waals surface area contributed by atoms with Crippen molar-refractivity contribution in [3.63, 3.8) is 0 Å². The SMILES string of the molecule is Cc1cccn2c(NC(=O)Cn3c(=O)oc4ccccc43)c(-c3ccccc3)nc12. The molecule has 3 heterocycles. The highest BCUT2D eigenvalue weighted by atomic mass is 16.4. The van der Waals surface area contributed by atoms with E-state index in [2.05, 4.69) is 5.32 Å². The number of aromatic nitrogens is 3. The molecular formula is C23H18N4O3. The molecule has 5 aromatic rings. The minimum atomic E-state index is -0.566. The highest BCUT2D eigenvalue weighted by Gasteiger charge is 2.19. The van der Waals surface area contributed by atoms with Crippen LogP contribution in [0, 0.1) is 6.92 Å². The van der Waals surface area contributed by atoms with Gasteiger partial charge >= 0.3 is 5.76 Å². The van der Waals surface area contributed by atoms with Crippen LogP contribution in [0.15, 0.2) is 82.1 Å². The number of para-hydroxylation sites is 2. The van der Waals surface area contributed by atoms with Crippen LogP contribution in [0.4, 0.5) is 5.82 Å². The smallest absolute Gasteiger partial charge is 0.408 e. The summed E-state index contributed by atoms with van der Waals surface area (Å²) >= 11 is 0. The van der Waals surface area contributed by atoms with E-state index in [1.165, 1.54) is 4.57 Å². The van der Waals surface area contributed by atoms with Crippen molar-refractivity contribution in [3.05, 3.63) is 89.0 Å². The van der Waals surface area contributed by atoms with E-state index < -0.39 is 5.76 Å². The van der Waals surface area contributed by atoms with E-state index in [1.807, 2.05) is 60.0 Å². The lowest BCUT2D eigenvalue weighted by Crippen LogP contribution is -2.25. The molecule has 0 atom stereocenters. The summed E-state index contributed by atoms with van der Waals surface area (Å²) in [5.41, 5.74) is 4.34. The van der Waals surface area contributed by atoms with Gasteiger partial charge in [0.1, 0.15) is 23.7 Å². The number of hydrogen-bond acceptors (Lipinski definition) is 4. The van der Waals surface area contributed by atoms with Gasteiger partial charge < -0.3 is 9.73 Å². The molecule has 7 nitrogen and oxygen atoms in total. The summed E-state index contributed by atoms with van der Waals surface area (Å²) in [5.74, 6) is -0.349. The lowest BCUT2D eigenvalue weighted by atomic mass is 10.1. The number of imidazole rings is 1. The summed E-state index contributed by atoms with van der Waals surface area (Å²) in [6, 6.07) is 20.6. The number of benzene rings is 2. The standard InChI is InChI=1S/C23H18N4O3/c1-15-8-7-13-26-21(15)25-20(16-9-3-2-4-10-16)22(26)24-19(28)14-27-17-11-5-6-12-18(17)30-23(27)29/h2-13H,14H2,1H3,(H,24,28). The van der Waals surface area contributed by atoms with Crippen LogP contribution in [0.25, 0.3) is 28.0 Å². The van der Waals surface area contributed by atoms with Crippen molar-refractivity contribution in [1.29, 1.82) is 0 Å². The second-order valence-electron chi connectivity index (χ2n) is 7.03. The molecule has 148 valence electrons. The van der Waals surface area contributed by atoms with Gasteiger partial charge in [-0.2, -0.15) is 0 Å². The average molecular weight is 398 g/mol. The summed E-state index contributed by atoms with van der Waals surface area (Å²) in [4.78, 5) is 29.9. The molecule has 0 bridgehead atoms. The number of carbonyl (C=O) groups is 1. The Hall–Kier alpha value is -4.13. The van der Waals surface area contributed by atoms with Crippen LogP contribution >= 0.6 is 0 Å². The first kappa shape index (κ1) is 17.9. The van der Waals surface area contributed by atoms with Crippen molar-refractivity contribution in [2.75, 3.05) is 5.32 Å². The molecule has 0 aliphatic carbocycles.